The number of rotatable bonds is 7. The van der Waals surface area contributed by atoms with Gasteiger partial charge in [-0.3, -0.25) is 0 Å². The molecule has 0 aliphatic heterocycles. The van der Waals surface area contributed by atoms with Crippen LogP contribution in [0.2, 0.25) is 0 Å². The fraction of sp³-hybridized carbons (Fsp3) is 0.235. The molecule has 2 rings (SSSR count). The molecule has 162 valence electrons. The molecule has 0 fully saturated rings. The minimum absolute atomic E-state index is 0.00822. The number of ether oxygens (including phenoxy) is 4. The number of primary sulfonamides is 1. The Kier molecular flexibility index (Phi) is 7.02. The topological polar surface area (TPSA) is 174 Å². The summed E-state index contributed by atoms with van der Waals surface area (Å²) in [6.45, 7) is -0.551. The number of carbonyl (C=O) groups is 3. The zero-order valence-corrected chi connectivity index (χ0v) is 17.7. The first-order valence-corrected chi connectivity index (χ1v) is 10.4. The van der Waals surface area contributed by atoms with Gasteiger partial charge in [0.05, 0.1) is 26.2 Å². The van der Waals surface area contributed by atoms with E-state index in [1.807, 2.05) is 0 Å². The smallest absolute Gasteiger partial charge is 0.348 e. The number of carbonyl (C=O) groups excluding carboxylic acids is 3. The monoisotopic (exact) mass is 458 g/mol. The molecule has 0 atom stereocenters. The maximum absolute atomic E-state index is 12.6. The minimum atomic E-state index is -4.09. The molecule has 0 radical (unpaired) electrons. The van der Waals surface area contributed by atoms with Crippen molar-refractivity contribution >= 4 is 44.3 Å². The highest BCUT2D eigenvalue weighted by molar-refractivity contribution is 7.89. The van der Waals surface area contributed by atoms with E-state index in [-0.39, 0.29) is 37.2 Å². The SMILES string of the molecule is COC(=O)c1sc(N)c(C(=O)OC)c1COC(=O)c1cc(S(N)(=O)=O)ccc1OC. The van der Waals surface area contributed by atoms with Crippen molar-refractivity contribution in [3.05, 3.63) is 39.8 Å². The third-order valence-corrected chi connectivity index (χ3v) is 5.81. The average Bonchev–Trinajstić information content (AvgIpc) is 3.05. The van der Waals surface area contributed by atoms with Gasteiger partial charge in [-0.1, -0.05) is 0 Å². The quantitative estimate of drug-likeness (QED) is 0.448. The van der Waals surface area contributed by atoms with Crippen LogP contribution in [-0.2, 0) is 30.8 Å². The number of esters is 3. The lowest BCUT2D eigenvalue weighted by atomic mass is 10.1. The van der Waals surface area contributed by atoms with Gasteiger partial charge in [-0.2, -0.15) is 0 Å². The van der Waals surface area contributed by atoms with Crippen LogP contribution >= 0.6 is 11.3 Å². The lowest BCUT2D eigenvalue weighted by Crippen LogP contribution is -2.15. The predicted molar refractivity (Wildman–Crippen MR) is 105 cm³/mol. The van der Waals surface area contributed by atoms with Crippen molar-refractivity contribution in [3.63, 3.8) is 0 Å². The molecule has 1 aromatic carbocycles. The van der Waals surface area contributed by atoms with Gasteiger partial charge < -0.3 is 24.7 Å². The Hall–Kier alpha value is -3.16. The summed E-state index contributed by atoms with van der Waals surface area (Å²) >= 11 is 0.769. The second-order valence-electron chi connectivity index (χ2n) is 5.62. The van der Waals surface area contributed by atoms with Crippen molar-refractivity contribution in [2.45, 2.75) is 11.5 Å². The van der Waals surface area contributed by atoms with Gasteiger partial charge in [-0.15, -0.1) is 11.3 Å². The van der Waals surface area contributed by atoms with Gasteiger partial charge in [-0.25, -0.2) is 27.9 Å². The third kappa shape index (κ3) is 4.69. The number of nitrogen functional groups attached to an aromatic ring is 1. The lowest BCUT2D eigenvalue weighted by Gasteiger charge is -2.11. The summed E-state index contributed by atoms with van der Waals surface area (Å²) in [5.74, 6) is -2.59. The Morgan fingerprint density at radius 2 is 1.67 bits per heavy atom. The normalized spacial score (nSPS) is 10.9. The molecule has 1 heterocycles. The van der Waals surface area contributed by atoms with E-state index in [0.29, 0.717) is 0 Å². The standard InChI is InChI=1S/C17H18N2O9S2/c1-25-11-5-4-8(30(19,23)24)6-9(11)15(20)28-7-10-12(16(21)26-2)14(18)29-13(10)17(22)27-3/h4-6H,7,18H2,1-3H3,(H2,19,23,24). The van der Waals surface area contributed by atoms with Crippen molar-refractivity contribution in [2.24, 2.45) is 5.14 Å². The summed E-state index contributed by atoms with van der Waals surface area (Å²) in [6, 6.07) is 3.38. The highest BCUT2D eigenvalue weighted by Gasteiger charge is 2.28. The van der Waals surface area contributed by atoms with E-state index in [0.717, 1.165) is 37.7 Å². The molecule has 4 N–H and O–H groups in total. The summed E-state index contributed by atoms with van der Waals surface area (Å²) in [7, 11) is -0.564. The maximum atomic E-state index is 12.6. The van der Waals surface area contributed by atoms with Crippen molar-refractivity contribution in [2.75, 3.05) is 27.1 Å². The van der Waals surface area contributed by atoms with Crippen molar-refractivity contribution in [3.8, 4) is 5.75 Å². The van der Waals surface area contributed by atoms with Crippen molar-refractivity contribution in [1.82, 2.24) is 0 Å². The molecule has 0 saturated heterocycles. The number of anilines is 1. The highest BCUT2D eigenvalue weighted by atomic mass is 32.2. The van der Waals surface area contributed by atoms with Gasteiger partial charge in [0.1, 0.15) is 33.4 Å². The fourth-order valence-corrected chi connectivity index (χ4v) is 3.96. The van der Waals surface area contributed by atoms with Crippen LogP contribution in [0.4, 0.5) is 5.00 Å². The van der Waals surface area contributed by atoms with E-state index in [2.05, 4.69) is 9.47 Å². The van der Waals surface area contributed by atoms with Crippen LogP contribution in [0, 0.1) is 0 Å². The Bertz CT molecular complexity index is 1110. The van der Waals surface area contributed by atoms with Crippen LogP contribution in [-0.4, -0.2) is 47.7 Å². The van der Waals surface area contributed by atoms with Gasteiger partial charge in [0.25, 0.3) is 0 Å². The molecular formula is C17H18N2O9S2. The van der Waals surface area contributed by atoms with E-state index in [9.17, 15) is 22.8 Å². The number of methoxy groups -OCH3 is 3. The third-order valence-electron chi connectivity index (χ3n) is 3.86. The zero-order valence-electron chi connectivity index (χ0n) is 16.1. The summed E-state index contributed by atoms with van der Waals surface area (Å²) in [6.07, 6.45) is 0. The van der Waals surface area contributed by atoms with Crippen LogP contribution in [0.1, 0.15) is 36.0 Å². The first-order valence-electron chi connectivity index (χ1n) is 8.00. The number of nitrogens with two attached hydrogens (primary N) is 2. The van der Waals surface area contributed by atoms with Gasteiger partial charge in [0, 0.05) is 5.56 Å². The number of hydrogen-bond donors (Lipinski definition) is 2. The first-order chi connectivity index (χ1) is 14.0. The van der Waals surface area contributed by atoms with E-state index in [1.165, 1.54) is 13.2 Å². The number of hydrogen-bond acceptors (Lipinski definition) is 11. The molecule has 1 aromatic heterocycles. The highest BCUT2D eigenvalue weighted by Crippen LogP contribution is 2.33. The number of sulfonamides is 1. The van der Waals surface area contributed by atoms with Gasteiger partial charge in [-0.05, 0) is 18.2 Å². The molecular weight excluding hydrogens is 440 g/mol. The van der Waals surface area contributed by atoms with E-state index in [1.54, 1.807) is 0 Å². The Balaban J connectivity index is 2.43. The summed E-state index contributed by atoms with van der Waals surface area (Å²) < 4.78 is 42.7. The molecule has 0 aliphatic rings. The van der Waals surface area contributed by atoms with E-state index < -0.39 is 34.5 Å². The van der Waals surface area contributed by atoms with Crippen LogP contribution in [0.15, 0.2) is 23.1 Å². The zero-order chi connectivity index (χ0) is 22.6. The molecule has 13 heteroatoms. The lowest BCUT2D eigenvalue weighted by molar-refractivity contribution is 0.0449. The summed E-state index contributed by atoms with van der Waals surface area (Å²) in [4.78, 5) is 36.3. The largest absolute Gasteiger partial charge is 0.496 e. The fourth-order valence-electron chi connectivity index (χ4n) is 2.45. The molecule has 0 unspecified atom stereocenters. The first kappa shape index (κ1) is 23.1. The van der Waals surface area contributed by atoms with Gasteiger partial charge in [0.2, 0.25) is 10.0 Å². The van der Waals surface area contributed by atoms with Crippen LogP contribution < -0.4 is 15.6 Å². The second-order valence-corrected chi connectivity index (χ2v) is 8.23. The molecule has 0 spiro atoms. The maximum Gasteiger partial charge on any atom is 0.348 e. The minimum Gasteiger partial charge on any atom is -0.496 e. The van der Waals surface area contributed by atoms with Gasteiger partial charge in [0.15, 0.2) is 0 Å². The van der Waals surface area contributed by atoms with Crippen LogP contribution in [0.5, 0.6) is 5.75 Å². The average molecular weight is 458 g/mol. The number of benzene rings is 1. The molecule has 0 amide bonds. The van der Waals surface area contributed by atoms with Crippen LogP contribution in [0.3, 0.4) is 0 Å². The summed E-state index contributed by atoms with van der Waals surface area (Å²) in [5.41, 5.74) is 5.43. The molecule has 2 aromatic rings. The Labute approximate surface area is 175 Å². The molecule has 0 bridgehead atoms. The second kappa shape index (κ2) is 9.11. The van der Waals surface area contributed by atoms with Crippen molar-refractivity contribution in [1.29, 1.82) is 0 Å². The van der Waals surface area contributed by atoms with Crippen molar-refractivity contribution < 1.29 is 41.7 Å². The van der Waals surface area contributed by atoms with Gasteiger partial charge >= 0.3 is 17.9 Å². The number of thiophene rings is 1. The molecule has 0 aliphatic carbocycles. The molecule has 0 saturated carbocycles. The van der Waals surface area contributed by atoms with E-state index >= 15 is 0 Å². The predicted octanol–water partition coefficient (Wildman–Crippen LogP) is 0.916. The molecule has 11 nitrogen and oxygen atoms in total. The van der Waals surface area contributed by atoms with Crippen LogP contribution in [0.25, 0.3) is 0 Å². The summed E-state index contributed by atoms with van der Waals surface area (Å²) in [5, 5.41) is 5.06. The molecule has 30 heavy (non-hydrogen) atoms. The Morgan fingerprint density at radius 1 is 1.03 bits per heavy atom. The Morgan fingerprint density at radius 3 is 2.20 bits per heavy atom. The van der Waals surface area contributed by atoms with E-state index in [4.69, 9.17) is 20.3 Å².